The van der Waals surface area contributed by atoms with Gasteiger partial charge in [-0.1, -0.05) is 194 Å². The number of hydrogen-bond acceptors (Lipinski definition) is 5. The number of oxazole rings is 1. The summed E-state index contributed by atoms with van der Waals surface area (Å²) in [6, 6.07) is 76.1. The summed E-state index contributed by atoms with van der Waals surface area (Å²) in [4.78, 5) is 21.0. The highest BCUT2D eigenvalue weighted by Crippen LogP contribution is 2.43. The molecule has 0 atom stereocenters. The lowest BCUT2D eigenvalue weighted by molar-refractivity contribution is 0.575. The van der Waals surface area contributed by atoms with Crippen molar-refractivity contribution in [1.29, 1.82) is 0 Å². The van der Waals surface area contributed by atoms with Crippen molar-refractivity contribution in [2.24, 2.45) is 0 Å². The highest BCUT2D eigenvalue weighted by Gasteiger charge is 2.25. The minimum absolute atomic E-state index is 0.474. The van der Waals surface area contributed by atoms with Gasteiger partial charge in [-0.25, -0.2) is 4.98 Å². The number of hydrogen-bond donors (Lipinski definition) is 0. The SMILES string of the molecule is c1ccc(-c2ccc(-c3nc(-c4ccccc4)nc(-n4c5ccccc5c5ccc6c7ccccc7n(-c7nc8cccc(-c9cccc(-c%10ccccc%10)c9)c8o7)c6c54)n3)cc2)cc1. The molecule has 9 aromatic carbocycles. The third-order valence-corrected chi connectivity index (χ3v) is 12.5. The van der Waals surface area contributed by atoms with Crippen molar-refractivity contribution in [2.75, 3.05) is 0 Å². The Morgan fingerprint density at radius 3 is 1.46 bits per heavy atom. The van der Waals surface area contributed by atoms with Crippen molar-refractivity contribution in [3.8, 4) is 68.1 Å². The molecule has 304 valence electrons. The highest BCUT2D eigenvalue weighted by molar-refractivity contribution is 6.23. The fourth-order valence-electron chi connectivity index (χ4n) is 9.42. The molecule has 0 aliphatic carbocycles. The lowest BCUT2D eigenvalue weighted by Gasteiger charge is -2.12. The van der Waals surface area contributed by atoms with Gasteiger partial charge in [0.15, 0.2) is 17.2 Å². The second kappa shape index (κ2) is 14.9. The first-order valence-electron chi connectivity index (χ1n) is 21.7. The van der Waals surface area contributed by atoms with Gasteiger partial charge in [-0.15, -0.1) is 0 Å². The molecule has 0 saturated heterocycles. The molecule has 0 radical (unpaired) electrons. The monoisotopic (exact) mass is 832 g/mol. The van der Waals surface area contributed by atoms with Crippen LogP contribution in [0.2, 0.25) is 0 Å². The van der Waals surface area contributed by atoms with Crippen molar-refractivity contribution >= 4 is 54.7 Å². The van der Waals surface area contributed by atoms with E-state index >= 15 is 0 Å². The Hall–Kier alpha value is -8.94. The average Bonchev–Trinajstić information content (AvgIpc) is 4.07. The van der Waals surface area contributed by atoms with E-state index in [0.29, 0.717) is 23.6 Å². The van der Waals surface area contributed by atoms with Crippen molar-refractivity contribution in [3.05, 3.63) is 218 Å². The number of fused-ring (bicyclic) bond motifs is 8. The highest BCUT2D eigenvalue weighted by atomic mass is 16.4. The number of nitrogens with zero attached hydrogens (tertiary/aromatic N) is 6. The summed E-state index contributed by atoms with van der Waals surface area (Å²) in [5.74, 6) is 1.67. The van der Waals surface area contributed by atoms with E-state index in [-0.39, 0.29) is 0 Å². The van der Waals surface area contributed by atoms with E-state index in [4.69, 9.17) is 24.4 Å². The Morgan fingerprint density at radius 2 is 0.800 bits per heavy atom. The molecule has 13 aromatic rings. The molecule has 4 heterocycles. The molecule has 0 N–H and O–H groups in total. The Bertz CT molecular complexity index is 3930. The Balaban J connectivity index is 1.07. The van der Waals surface area contributed by atoms with Gasteiger partial charge in [-0.3, -0.25) is 9.13 Å². The zero-order valence-electron chi connectivity index (χ0n) is 34.9. The van der Waals surface area contributed by atoms with Crippen LogP contribution in [0.3, 0.4) is 0 Å². The molecular formula is C58H36N6O. The summed E-state index contributed by atoms with van der Waals surface area (Å²) in [5.41, 5.74) is 13.7. The van der Waals surface area contributed by atoms with E-state index in [1.165, 1.54) is 0 Å². The van der Waals surface area contributed by atoms with Crippen LogP contribution in [-0.4, -0.2) is 29.1 Å². The quantitative estimate of drug-likeness (QED) is 0.160. The van der Waals surface area contributed by atoms with Crippen molar-refractivity contribution in [3.63, 3.8) is 0 Å². The molecular weight excluding hydrogens is 797 g/mol. The summed E-state index contributed by atoms with van der Waals surface area (Å²) in [6.45, 7) is 0. The predicted octanol–water partition coefficient (Wildman–Crippen LogP) is 14.5. The molecule has 7 nitrogen and oxygen atoms in total. The standard InChI is InChI=1S/C58H36N6O/c1-4-16-37(17-5-1)39-30-32-41(33-31-39)56-60-55(40-20-8-3-9-21-40)61-57(62-56)63-50-28-12-10-24-45(50)47-34-35-48-46-25-11-13-29-51(46)64(53(48)52(47)63)58-59-49-27-15-26-44(54(49)65-58)43-23-14-22-42(36-43)38-18-6-2-7-19-38/h1-36H. The average molecular weight is 833 g/mol. The topological polar surface area (TPSA) is 74.6 Å². The van der Waals surface area contributed by atoms with Gasteiger partial charge >= 0.3 is 6.01 Å². The van der Waals surface area contributed by atoms with Crippen molar-refractivity contribution in [2.45, 2.75) is 0 Å². The Kier molecular flexibility index (Phi) is 8.39. The van der Waals surface area contributed by atoms with Crippen LogP contribution in [0.4, 0.5) is 0 Å². The molecule has 0 amide bonds. The minimum atomic E-state index is 0.474. The first kappa shape index (κ1) is 36.7. The number of rotatable bonds is 7. The van der Waals surface area contributed by atoms with Gasteiger partial charge in [0, 0.05) is 38.2 Å². The second-order valence-electron chi connectivity index (χ2n) is 16.3. The zero-order valence-corrected chi connectivity index (χ0v) is 34.9. The number of para-hydroxylation sites is 3. The molecule has 0 unspecified atom stereocenters. The van der Waals surface area contributed by atoms with Gasteiger partial charge in [-0.05, 0) is 52.1 Å². The van der Waals surface area contributed by atoms with Crippen LogP contribution in [0.5, 0.6) is 0 Å². The molecule has 0 fully saturated rings. The van der Waals surface area contributed by atoms with Crippen molar-refractivity contribution in [1.82, 2.24) is 29.1 Å². The second-order valence-corrected chi connectivity index (χ2v) is 16.3. The molecule has 0 bridgehead atoms. The summed E-state index contributed by atoms with van der Waals surface area (Å²) in [5, 5.41) is 4.28. The number of benzene rings is 9. The molecule has 65 heavy (non-hydrogen) atoms. The summed E-state index contributed by atoms with van der Waals surface area (Å²) < 4.78 is 11.4. The molecule has 4 aromatic heterocycles. The maximum absolute atomic E-state index is 7.03. The molecule has 0 spiro atoms. The van der Waals surface area contributed by atoms with Gasteiger partial charge in [0.05, 0.1) is 22.1 Å². The Morgan fingerprint density at radius 1 is 0.323 bits per heavy atom. The van der Waals surface area contributed by atoms with E-state index in [9.17, 15) is 0 Å². The van der Waals surface area contributed by atoms with Gasteiger partial charge < -0.3 is 4.42 Å². The van der Waals surface area contributed by atoms with Gasteiger partial charge in [0.2, 0.25) is 5.95 Å². The largest absolute Gasteiger partial charge is 0.422 e. The minimum Gasteiger partial charge on any atom is -0.422 e. The van der Waals surface area contributed by atoms with E-state index in [1.54, 1.807) is 0 Å². The Labute approximate surface area is 373 Å². The normalized spacial score (nSPS) is 11.7. The fourth-order valence-corrected chi connectivity index (χ4v) is 9.42. The van der Waals surface area contributed by atoms with Crippen LogP contribution in [0, 0.1) is 0 Å². The van der Waals surface area contributed by atoms with Crippen LogP contribution in [0.25, 0.3) is 123 Å². The lowest BCUT2D eigenvalue weighted by Crippen LogP contribution is -2.07. The first-order chi connectivity index (χ1) is 32.2. The van der Waals surface area contributed by atoms with Crippen LogP contribution in [0.15, 0.2) is 223 Å². The molecule has 7 heteroatoms. The molecule has 13 rings (SSSR count). The van der Waals surface area contributed by atoms with Crippen LogP contribution in [0.1, 0.15) is 0 Å². The summed E-state index contributed by atoms with van der Waals surface area (Å²) in [6.07, 6.45) is 0. The first-order valence-corrected chi connectivity index (χ1v) is 21.7. The van der Waals surface area contributed by atoms with Crippen LogP contribution < -0.4 is 0 Å². The molecule has 0 aliphatic rings. The lowest BCUT2D eigenvalue weighted by atomic mass is 9.99. The summed E-state index contributed by atoms with van der Waals surface area (Å²) >= 11 is 0. The van der Waals surface area contributed by atoms with E-state index < -0.39 is 0 Å². The van der Waals surface area contributed by atoms with Crippen molar-refractivity contribution < 1.29 is 4.42 Å². The van der Waals surface area contributed by atoms with E-state index in [1.807, 2.05) is 48.5 Å². The molecule has 0 aliphatic heterocycles. The maximum atomic E-state index is 7.03. The van der Waals surface area contributed by atoms with E-state index in [2.05, 4.69) is 179 Å². The van der Waals surface area contributed by atoms with Gasteiger partial charge in [-0.2, -0.15) is 15.0 Å². The molecule has 0 saturated carbocycles. The zero-order chi connectivity index (χ0) is 42.8. The van der Waals surface area contributed by atoms with Crippen LogP contribution in [-0.2, 0) is 0 Å². The smallest absolute Gasteiger partial charge is 0.307 e. The summed E-state index contributed by atoms with van der Waals surface area (Å²) in [7, 11) is 0. The maximum Gasteiger partial charge on any atom is 0.307 e. The predicted molar refractivity (Wildman–Crippen MR) is 263 cm³/mol. The van der Waals surface area contributed by atoms with Crippen LogP contribution >= 0.6 is 0 Å². The van der Waals surface area contributed by atoms with Gasteiger partial charge in [0.1, 0.15) is 5.52 Å². The van der Waals surface area contributed by atoms with E-state index in [0.717, 1.165) is 99.2 Å². The van der Waals surface area contributed by atoms with Gasteiger partial charge in [0.25, 0.3) is 0 Å². The third-order valence-electron chi connectivity index (χ3n) is 12.5. The fraction of sp³-hybridized carbons (Fsp3) is 0. The number of aromatic nitrogens is 6. The third kappa shape index (κ3) is 6.05.